The van der Waals surface area contributed by atoms with Gasteiger partial charge in [0, 0.05) is 18.1 Å². The largest absolute Gasteiger partial charge is 0.473 e. The standard InChI is InChI=1S/C14H12F3N3O/c1-10-5-6-11(8-18-10)9-20-7-3-2-4-12(20)19-13(21)14(15,16)17/h2-8H,9H2,1H3. The van der Waals surface area contributed by atoms with E-state index in [-0.39, 0.29) is 12.0 Å². The number of aromatic nitrogens is 2. The quantitative estimate of drug-likeness (QED) is 0.853. The zero-order valence-electron chi connectivity index (χ0n) is 11.1. The molecule has 0 aliphatic rings. The van der Waals surface area contributed by atoms with Gasteiger partial charge in [-0.3, -0.25) is 9.78 Å². The Morgan fingerprint density at radius 1 is 1.29 bits per heavy atom. The molecule has 2 heterocycles. The van der Waals surface area contributed by atoms with Crippen LogP contribution in [0.25, 0.3) is 0 Å². The van der Waals surface area contributed by atoms with Gasteiger partial charge in [0.05, 0.1) is 6.54 Å². The van der Waals surface area contributed by atoms with Gasteiger partial charge in [0.2, 0.25) is 0 Å². The maximum Gasteiger partial charge on any atom is 0.473 e. The van der Waals surface area contributed by atoms with Gasteiger partial charge >= 0.3 is 12.1 Å². The van der Waals surface area contributed by atoms with E-state index in [0.717, 1.165) is 11.3 Å². The smallest absolute Gasteiger partial charge is 0.328 e. The number of carbonyl (C=O) groups excluding carboxylic acids is 1. The van der Waals surface area contributed by atoms with Crippen LogP contribution >= 0.6 is 0 Å². The van der Waals surface area contributed by atoms with E-state index < -0.39 is 12.1 Å². The van der Waals surface area contributed by atoms with Crippen LogP contribution in [0.1, 0.15) is 11.3 Å². The van der Waals surface area contributed by atoms with Crippen molar-refractivity contribution < 1.29 is 18.0 Å². The highest BCUT2D eigenvalue weighted by atomic mass is 19.4. The Morgan fingerprint density at radius 2 is 2.05 bits per heavy atom. The third-order valence-corrected chi connectivity index (χ3v) is 2.70. The second-order valence-electron chi connectivity index (χ2n) is 4.41. The predicted octanol–water partition coefficient (Wildman–Crippen LogP) is 2.23. The van der Waals surface area contributed by atoms with Gasteiger partial charge < -0.3 is 4.57 Å². The Kier molecular flexibility index (Phi) is 4.21. The molecular weight excluding hydrogens is 283 g/mol. The summed E-state index contributed by atoms with van der Waals surface area (Å²) in [6, 6.07) is 8.14. The molecule has 0 radical (unpaired) electrons. The third kappa shape index (κ3) is 4.01. The van der Waals surface area contributed by atoms with Crippen LogP contribution in [-0.2, 0) is 11.3 Å². The molecule has 0 saturated carbocycles. The fourth-order valence-electron chi connectivity index (χ4n) is 1.66. The lowest BCUT2D eigenvalue weighted by Gasteiger charge is -2.08. The number of hydrogen-bond acceptors (Lipinski definition) is 2. The lowest BCUT2D eigenvalue weighted by molar-refractivity contribution is -0.169. The number of alkyl halides is 3. The highest BCUT2D eigenvalue weighted by molar-refractivity contribution is 5.82. The molecule has 0 saturated heterocycles. The number of aryl methyl sites for hydroxylation is 1. The summed E-state index contributed by atoms with van der Waals surface area (Å²) in [4.78, 5) is 18.2. The summed E-state index contributed by atoms with van der Waals surface area (Å²) in [5.41, 5.74) is 1.59. The van der Waals surface area contributed by atoms with Crippen molar-refractivity contribution in [3.63, 3.8) is 0 Å². The van der Waals surface area contributed by atoms with Crippen LogP contribution in [0.4, 0.5) is 13.2 Å². The van der Waals surface area contributed by atoms with E-state index in [9.17, 15) is 18.0 Å². The Balaban J connectivity index is 2.35. The minimum absolute atomic E-state index is 0.0552. The summed E-state index contributed by atoms with van der Waals surface area (Å²) in [6.07, 6.45) is -1.79. The number of rotatable bonds is 2. The second kappa shape index (κ2) is 5.90. The Bertz CT molecular complexity index is 702. The Labute approximate surface area is 118 Å². The van der Waals surface area contributed by atoms with Crippen molar-refractivity contribution in [2.75, 3.05) is 0 Å². The summed E-state index contributed by atoms with van der Waals surface area (Å²) in [7, 11) is 0. The van der Waals surface area contributed by atoms with Gasteiger partial charge in [0.25, 0.3) is 0 Å². The molecule has 2 aromatic rings. The van der Waals surface area contributed by atoms with Crippen molar-refractivity contribution in [3.05, 3.63) is 59.5 Å². The van der Waals surface area contributed by atoms with Crippen molar-refractivity contribution >= 4 is 5.91 Å². The predicted molar refractivity (Wildman–Crippen MR) is 69.1 cm³/mol. The fourth-order valence-corrected chi connectivity index (χ4v) is 1.66. The van der Waals surface area contributed by atoms with E-state index in [2.05, 4.69) is 9.98 Å². The van der Waals surface area contributed by atoms with E-state index >= 15 is 0 Å². The van der Waals surface area contributed by atoms with Gasteiger partial charge in [-0.15, -0.1) is 0 Å². The highest BCUT2D eigenvalue weighted by Gasteiger charge is 2.38. The Hall–Kier alpha value is -2.44. The summed E-state index contributed by atoms with van der Waals surface area (Å²) in [5, 5.41) is 0. The van der Waals surface area contributed by atoms with Crippen LogP contribution in [0.5, 0.6) is 0 Å². The van der Waals surface area contributed by atoms with Crippen LogP contribution in [0.15, 0.2) is 47.7 Å². The van der Waals surface area contributed by atoms with Crippen molar-refractivity contribution in [1.82, 2.24) is 9.55 Å². The van der Waals surface area contributed by atoms with Crippen molar-refractivity contribution in [3.8, 4) is 0 Å². The van der Waals surface area contributed by atoms with Gasteiger partial charge in [0.15, 0.2) is 0 Å². The normalized spacial score (nSPS) is 12.5. The average Bonchev–Trinajstić information content (AvgIpc) is 2.42. The number of carbonyl (C=O) groups is 1. The van der Waals surface area contributed by atoms with Gasteiger partial charge in [0.1, 0.15) is 5.49 Å². The fraction of sp³-hybridized carbons (Fsp3) is 0.214. The van der Waals surface area contributed by atoms with Crippen molar-refractivity contribution in [1.29, 1.82) is 0 Å². The van der Waals surface area contributed by atoms with E-state index in [0.29, 0.717) is 0 Å². The molecule has 1 amide bonds. The summed E-state index contributed by atoms with van der Waals surface area (Å²) >= 11 is 0. The van der Waals surface area contributed by atoms with E-state index in [1.165, 1.54) is 16.7 Å². The Morgan fingerprint density at radius 3 is 2.67 bits per heavy atom. The molecule has 4 nitrogen and oxygen atoms in total. The molecule has 0 atom stereocenters. The molecule has 0 aliphatic heterocycles. The number of amides is 1. The summed E-state index contributed by atoms with van der Waals surface area (Å²) in [5.74, 6) is -2.12. The SMILES string of the molecule is Cc1ccc(Cn2ccccc2=NC(=O)C(F)(F)F)cn1. The summed E-state index contributed by atoms with van der Waals surface area (Å²) < 4.78 is 38.3. The molecule has 0 spiro atoms. The lowest BCUT2D eigenvalue weighted by Crippen LogP contribution is -2.27. The van der Waals surface area contributed by atoms with Gasteiger partial charge in [-0.05, 0) is 30.7 Å². The van der Waals surface area contributed by atoms with Crippen LogP contribution in [0, 0.1) is 6.92 Å². The molecule has 2 aromatic heterocycles. The zero-order valence-corrected chi connectivity index (χ0v) is 11.1. The summed E-state index contributed by atoms with van der Waals surface area (Å²) in [6.45, 7) is 2.11. The topological polar surface area (TPSA) is 47.2 Å². The minimum Gasteiger partial charge on any atom is -0.328 e. The maximum absolute atomic E-state index is 12.3. The average molecular weight is 295 g/mol. The molecule has 21 heavy (non-hydrogen) atoms. The molecule has 0 aromatic carbocycles. The molecule has 0 unspecified atom stereocenters. The number of hydrogen-bond donors (Lipinski definition) is 0. The lowest BCUT2D eigenvalue weighted by atomic mass is 10.2. The van der Waals surface area contributed by atoms with Crippen LogP contribution < -0.4 is 5.49 Å². The van der Waals surface area contributed by atoms with Gasteiger partial charge in [-0.25, -0.2) is 0 Å². The molecule has 0 bridgehead atoms. The highest BCUT2D eigenvalue weighted by Crippen LogP contribution is 2.15. The van der Waals surface area contributed by atoms with Crippen molar-refractivity contribution in [2.24, 2.45) is 4.99 Å². The minimum atomic E-state index is -4.97. The second-order valence-corrected chi connectivity index (χ2v) is 4.41. The van der Waals surface area contributed by atoms with Crippen LogP contribution in [0.3, 0.4) is 0 Å². The van der Waals surface area contributed by atoms with Crippen molar-refractivity contribution in [2.45, 2.75) is 19.6 Å². The first-order chi connectivity index (χ1) is 9.86. The maximum atomic E-state index is 12.3. The molecule has 2 rings (SSSR count). The molecule has 0 aliphatic carbocycles. The van der Waals surface area contributed by atoms with E-state index in [1.54, 1.807) is 24.5 Å². The third-order valence-electron chi connectivity index (χ3n) is 2.70. The molecule has 0 fully saturated rings. The van der Waals surface area contributed by atoms with Gasteiger partial charge in [-0.1, -0.05) is 12.1 Å². The first-order valence-corrected chi connectivity index (χ1v) is 6.09. The van der Waals surface area contributed by atoms with Gasteiger partial charge in [-0.2, -0.15) is 18.2 Å². The first-order valence-electron chi connectivity index (χ1n) is 6.09. The zero-order chi connectivity index (χ0) is 15.5. The molecular formula is C14H12F3N3O. The number of pyridine rings is 2. The number of halogens is 3. The monoisotopic (exact) mass is 295 g/mol. The molecule has 7 heteroatoms. The van der Waals surface area contributed by atoms with E-state index in [4.69, 9.17) is 0 Å². The molecule has 110 valence electrons. The first kappa shape index (κ1) is 15.0. The number of nitrogens with zero attached hydrogens (tertiary/aromatic N) is 3. The van der Waals surface area contributed by atoms with E-state index in [1.807, 2.05) is 13.0 Å². The van der Waals surface area contributed by atoms with Crippen LogP contribution in [0.2, 0.25) is 0 Å². The van der Waals surface area contributed by atoms with Crippen LogP contribution in [-0.4, -0.2) is 21.6 Å². The molecule has 0 N–H and O–H groups in total.